The number of benzene rings is 2. The first-order valence-corrected chi connectivity index (χ1v) is 5.70. The Hall–Kier alpha value is -2.48. The largest absolute Gasteiger partial charge is 0.465 e. The van der Waals surface area contributed by atoms with Crippen molar-refractivity contribution in [1.29, 1.82) is 0 Å². The first kappa shape index (κ1) is 12.0. The average molecular weight is 238 g/mol. The molecule has 0 fully saturated rings. The van der Waals surface area contributed by atoms with Crippen LogP contribution in [0, 0.1) is 0 Å². The summed E-state index contributed by atoms with van der Waals surface area (Å²) < 4.78 is 10.7. The van der Waals surface area contributed by atoms with E-state index in [1.165, 1.54) is 0 Å². The third-order valence-electron chi connectivity index (χ3n) is 2.16. The molecule has 0 N–H and O–H groups in total. The molecule has 0 heterocycles. The normalized spacial score (nSPS) is 10.9. The van der Waals surface area contributed by atoms with Crippen LogP contribution in [0.3, 0.4) is 0 Å². The molecule has 0 aliphatic heterocycles. The van der Waals surface area contributed by atoms with Crippen LogP contribution < -0.4 is 9.47 Å². The molecule has 0 aromatic heterocycles. The minimum atomic E-state index is 0.811. The zero-order valence-corrected chi connectivity index (χ0v) is 9.90. The van der Waals surface area contributed by atoms with E-state index in [1.807, 2.05) is 60.7 Å². The molecule has 2 aromatic rings. The Bertz CT molecular complexity index is 452. The lowest BCUT2D eigenvalue weighted by molar-refractivity contribution is 0.475. The van der Waals surface area contributed by atoms with Gasteiger partial charge in [-0.25, -0.2) is 0 Å². The molecule has 0 saturated carbocycles. The Morgan fingerprint density at radius 3 is 1.33 bits per heavy atom. The minimum absolute atomic E-state index is 0.811. The van der Waals surface area contributed by atoms with E-state index in [0.717, 1.165) is 11.5 Å². The lowest BCUT2D eigenvalue weighted by Gasteiger charge is -1.98. The van der Waals surface area contributed by atoms with Gasteiger partial charge in [-0.3, -0.25) is 0 Å². The van der Waals surface area contributed by atoms with Gasteiger partial charge in [0.15, 0.2) is 0 Å². The lowest BCUT2D eigenvalue weighted by Crippen LogP contribution is -1.81. The minimum Gasteiger partial charge on any atom is -0.465 e. The summed E-state index contributed by atoms with van der Waals surface area (Å²) in [5.74, 6) is 1.62. The van der Waals surface area contributed by atoms with Crippen molar-refractivity contribution in [3.8, 4) is 11.5 Å². The van der Waals surface area contributed by atoms with E-state index in [0.29, 0.717) is 0 Å². The van der Waals surface area contributed by atoms with Crippen molar-refractivity contribution >= 4 is 0 Å². The van der Waals surface area contributed by atoms with Gasteiger partial charge in [-0.1, -0.05) is 36.4 Å². The van der Waals surface area contributed by atoms with E-state index >= 15 is 0 Å². The predicted octanol–water partition coefficient (Wildman–Crippen LogP) is 4.17. The maximum atomic E-state index is 5.37. The molecule has 90 valence electrons. The summed E-state index contributed by atoms with van der Waals surface area (Å²) in [6, 6.07) is 19.2. The molecule has 0 bridgehead atoms. The first-order chi connectivity index (χ1) is 8.95. The van der Waals surface area contributed by atoms with E-state index in [1.54, 1.807) is 24.7 Å². The van der Waals surface area contributed by atoms with E-state index in [2.05, 4.69) is 0 Å². The molecule has 18 heavy (non-hydrogen) atoms. The van der Waals surface area contributed by atoms with E-state index in [4.69, 9.17) is 9.47 Å². The van der Waals surface area contributed by atoms with Crippen LogP contribution in [0.1, 0.15) is 0 Å². The van der Waals surface area contributed by atoms with E-state index in [-0.39, 0.29) is 0 Å². The number of allylic oxidation sites excluding steroid dienone is 2. The molecule has 0 aliphatic rings. The third-order valence-corrected chi connectivity index (χ3v) is 2.16. The van der Waals surface area contributed by atoms with Crippen LogP contribution in [-0.4, -0.2) is 0 Å². The second-order valence-corrected chi connectivity index (χ2v) is 3.52. The summed E-state index contributed by atoms with van der Waals surface area (Å²) in [6.45, 7) is 0. The smallest absolute Gasteiger partial charge is 0.126 e. The summed E-state index contributed by atoms with van der Waals surface area (Å²) in [6.07, 6.45) is 6.77. The molecule has 2 rings (SSSR count). The average Bonchev–Trinajstić information content (AvgIpc) is 2.45. The third kappa shape index (κ3) is 4.18. The molecular formula is C16H14O2. The zero-order valence-electron chi connectivity index (χ0n) is 9.90. The van der Waals surface area contributed by atoms with Crippen molar-refractivity contribution in [3.63, 3.8) is 0 Å². The van der Waals surface area contributed by atoms with Crippen LogP contribution in [0.25, 0.3) is 0 Å². The van der Waals surface area contributed by atoms with Crippen LogP contribution in [0.5, 0.6) is 11.5 Å². The van der Waals surface area contributed by atoms with Crippen molar-refractivity contribution in [1.82, 2.24) is 0 Å². The Morgan fingerprint density at radius 1 is 0.556 bits per heavy atom. The topological polar surface area (TPSA) is 18.5 Å². The van der Waals surface area contributed by atoms with Gasteiger partial charge in [0.2, 0.25) is 0 Å². The molecule has 0 saturated heterocycles. The molecule has 0 aliphatic carbocycles. The highest BCUT2D eigenvalue weighted by Gasteiger charge is 1.85. The zero-order chi connectivity index (χ0) is 12.5. The molecule has 2 nitrogen and oxygen atoms in total. The molecule has 2 aromatic carbocycles. The number of ether oxygens (including phenoxy) is 2. The molecule has 0 unspecified atom stereocenters. The SMILES string of the molecule is C(C=COc1ccccc1)=COc1ccccc1. The fourth-order valence-electron chi connectivity index (χ4n) is 1.32. The highest BCUT2D eigenvalue weighted by molar-refractivity contribution is 5.23. The monoisotopic (exact) mass is 238 g/mol. The van der Waals surface area contributed by atoms with Crippen molar-refractivity contribution in [3.05, 3.63) is 85.3 Å². The van der Waals surface area contributed by atoms with Gasteiger partial charge in [-0.15, -0.1) is 0 Å². The van der Waals surface area contributed by atoms with Gasteiger partial charge in [0, 0.05) is 0 Å². The van der Waals surface area contributed by atoms with Gasteiger partial charge in [-0.05, 0) is 36.4 Å². The standard InChI is InChI=1S/C16H14O2/c1-3-9-15(10-4-1)17-13-7-8-14-18-16-11-5-2-6-12-16/h1-14H. The Morgan fingerprint density at radius 2 is 0.944 bits per heavy atom. The maximum absolute atomic E-state index is 5.37. The van der Waals surface area contributed by atoms with Crippen molar-refractivity contribution in [2.75, 3.05) is 0 Å². The molecule has 2 heteroatoms. The second kappa shape index (κ2) is 6.97. The first-order valence-electron chi connectivity index (χ1n) is 5.70. The molecule has 0 atom stereocenters. The van der Waals surface area contributed by atoms with Gasteiger partial charge >= 0.3 is 0 Å². The number of para-hydroxylation sites is 2. The van der Waals surface area contributed by atoms with Gasteiger partial charge in [0.25, 0.3) is 0 Å². The summed E-state index contributed by atoms with van der Waals surface area (Å²) >= 11 is 0. The van der Waals surface area contributed by atoms with Crippen molar-refractivity contribution in [2.45, 2.75) is 0 Å². The highest BCUT2D eigenvalue weighted by atomic mass is 16.5. The summed E-state index contributed by atoms with van der Waals surface area (Å²) in [5, 5.41) is 0. The summed E-state index contributed by atoms with van der Waals surface area (Å²) in [5.41, 5.74) is 0. The highest BCUT2D eigenvalue weighted by Crippen LogP contribution is 2.09. The number of hydrogen-bond donors (Lipinski definition) is 0. The van der Waals surface area contributed by atoms with Crippen LogP contribution in [0.4, 0.5) is 0 Å². The van der Waals surface area contributed by atoms with Crippen LogP contribution >= 0.6 is 0 Å². The van der Waals surface area contributed by atoms with Crippen molar-refractivity contribution < 1.29 is 9.47 Å². The van der Waals surface area contributed by atoms with E-state index in [9.17, 15) is 0 Å². The predicted molar refractivity (Wildman–Crippen MR) is 72.4 cm³/mol. The quantitative estimate of drug-likeness (QED) is 0.575. The summed E-state index contributed by atoms with van der Waals surface area (Å²) in [7, 11) is 0. The Kier molecular flexibility index (Phi) is 4.64. The fraction of sp³-hybridized carbons (Fsp3) is 0. The second-order valence-electron chi connectivity index (χ2n) is 3.52. The van der Waals surface area contributed by atoms with Crippen LogP contribution in [-0.2, 0) is 0 Å². The number of hydrogen-bond acceptors (Lipinski definition) is 2. The Labute approximate surface area is 107 Å². The fourth-order valence-corrected chi connectivity index (χ4v) is 1.32. The van der Waals surface area contributed by atoms with Gasteiger partial charge in [-0.2, -0.15) is 0 Å². The van der Waals surface area contributed by atoms with Gasteiger partial charge in [0.1, 0.15) is 11.5 Å². The molecule has 0 radical (unpaired) electrons. The molecule has 0 amide bonds. The molecular weight excluding hydrogens is 224 g/mol. The maximum Gasteiger partial charge on any atom is 0.126 e. The van der Waals surface area contributed by atoms with Gasteiger partial charge in [0.05, 0.1) is 12.5 Å². The van der Waals surface area contributed by atoms with Crippen LogP contribution in [0.15, 0.2) is 85.3 Å². The Balaban J connectivity index is 1.75. The molecule has 0 spiro atoms. The van der Waals surface area contributed by atoms with E-state index < -0.39 is 0 Å². The lowest BCUT2D eigenvalue weighted by atomic mass is 10.3. The van der Waals surface area contributed by atoms with Crippen molar-refractivity contribution in [2.24, 2.45) is 0 Å². The van der Waals surface area contributed by atoms with Gasteiger partial charge < -0.3 is 9.47 Å². The number of rotatable bonds is 5. The summed E-state index contributed by atoms with van der Waals surface area (Å²) in [4.78, 5) is 0. The van der Waals surface area contributed by atoms with Crippen LogP contribution in [0.2, 0.25) is 0 Å².